The van der Waals surface area contributed by atoms with Gasteiger partial charge in [0.05, 0.1) is 17.9 Å². The van der Waals surface area contributed by atoms with E-state index in [1.165, 1.54) is 5.56 Å². The molecular formula is C20H32N4O. The van der Waals surface area contributed by atoms with Gasteiger partial charge >= 0.3 is 0 Å². The van der Waals surface area contributed by atoms with E-state index in [1.807, 2.05) is 24.7 Å². The second kappa shape index (κ2) is 7.52. The van der Waals surface area contributed by atoms with Crippen molar-refractivity contribution in [3.8, 4) is 0 Å². The van der Waals surface area contributed by atoms with Crippen LogP contribution in [0.4, 0.5) is 0 Å². The minimum absolute atomic E-state index is 0.201. The second-order valence-electron chi connectivity index (χ2n) is 8.23. The second-order valence-corrected chi connectivity index (χ2v) is 8.23. The van der Waals surface area contributed by atoms with Gasteiger partial charge in [0.15, 0.2) is 0 Å². The van der Waals surface area contributed by atoms with Crippen LogP contribution in [-0.2, 0) is 10.3 Å². The summed E-state index contributed by atoms with van der Waals surface area (Å²) in [5, 5.41) is 0. The lowest BCUT2D eigenvalue weighted by molar-refractivity contribution is -0.175. The minimum atomic E-state index is -0.231. The third-order valence-corrected chi connectivity index (χ3v) is 5.57. The zero-order valence-electron chi connectivity index (χ0n) is 16.1. The SMILES string of the molecule is CC(CC(C)(C)OC1(c2cccnc2)CCN(C)CC1)N1CC=NC1. The van der Waals surface area contributed by atoms with Gasteiger partial charge in [-0.05, 0) is 53.1 Å². The molecule has 0 aliphatic carbocycles. The lowest BCUT2D eigenvalue weighted by Crippen LogP contribution is -2.49. The molecule has 138 valence electrons. The molecule has 3 rings (SSSR count). The van der Waals surface area contributed by atoms with Crippen LogP contribution in [-0.4, -0.2) is 66.0 Å². The Balaban J connectivity index is 1.75. The van der Waals surface area contributed by atoms with E-state index in [1.54, 1.807) is 0 Å². The topological polar surface area (TPSA) is 41.0 Å². The summed E-state index contributed by atoms with van der Waals surface area (Å²) in [5.41, 5.74) is 0.785. The molecule has 1 atom stereocenters. The number of rotatable bonds is 6. The first-order valence-corrected chi connectivity index (χ1v) is 9.42. The molecule has 3 heterocycles. The highest BCUT2D eigenvalue weighted by Crippen LogP contribution is 2.41. The third-order valence-electron chi connectivity index (χ3n) is 5.57. The highest BCUT2D eigenvalue weighted by Gasteiger charge is 2.42. The van der Waals surface area contributed by atoms with E-state index in [0.29, 0.717) is 6.04 Å². The molecule has 0 spiro atoms. The van der Waals surface area contributed by atoms with E-state index >= 15 is 0 Å². The number of ether oxygens (including phenoxy) is 1. The quantitative estimate of drug-likeness (QED) is 0.796. The van der Waals surface area contributed by atoms with Crippen LogP contribution in [0.1, 0.15) is 45.6 Å². The molecule has 1 aromatic rings. The van der Waals surface area contributed by atoms with Crippen LogP contribution in [0.3, 0.4) is 0 Å². The van der Waals surface area contributed by atoms with Crippen molar-refractivity contribution in [2.24, 2.45) is 4.99 Å². The monoisotopic (exact) mass is 344 g/mol. The van der Waals surface area contributed by atoms with E-state index < -0.39 is 0 Å². The summed E-state index contributed by atoms with van der Waals surface area (Å²) in [4.78, 5) is 13.5. The van der Waals surface area contributed by atoms with Crippen LogP contribution in [0, 0.1) is 0 Å². The summed E-state index contributed by atoms with van der Waals surface area (Å²) >= 11 is 0. The van der Waals surface area contributed by atoms with E-state index in [2.05, 4.69) is 53.7 Å². The number of hydrogen-bond donors (Lipinski definition) is 0. The van der Waals surface area contributed by atoms with Gasteiger partial charge in [0, 0.05) is 49.8 Å². The molecule has 25 heavy (non-hydrogen) atoms. The van der Waals surface area contributed by atoms with Gasteiger partial charge in [0.1, 0.15) is 0 Å². The first-order chi connectivity index (χ1) is 11.9. The highest BCUT2D eigenvalue weighted by molar-refractivity contribution is 5.61. The molecule has 0 aromatic carbocycles. The van der Waals surface area contributed by atoms with E-state index in [4.69, 9.17) is 4.74 Å². The molecule has 0 radical (unpaired) electrons. The number of aliphatic imine (C=N–C) groups is 1. The van der Waals surface area contributed by atoms with Gasteiger partial charge in [-0.1, -0.05) is 6.07 Å². The van der Waals surface area contributed by atoms with Crippen molar-refractivity contribution in [3.05, 3.63) is 30.1 Å². The summed E-state index contributed by atoms with van der Waals surface area (Å²) in [6.07, 6.45) is 8.86. The molecule has 2 aliphatic heterocycles. The molecule has 0 bridgehead atoms. The number of hydrogen-bond acceptors (Lipinski definition) is 5. The van der Waals surface area contributed by atoms with Gasteiger partial charge in [-0.2, -0.15) is 0 Å². The average Bonchev–Trinajstić information content (AvgIpc) is 3.12. The average molecular weight is 345 g/mol. The van der Waals surface area contributed by atoms with Gasteiger partial charge < -0.3 is 9.64 Å². The number of likely N-dealkylation sites (tertiary alicyclic amines) is 1. The van der Waals surface area contributed by atoms with Gasteiger partial charge in [-0.15, -0.1) is 0 Å². The maximum absolute atomic E-state index is 6.90. The third kappa shape index (κ3) is 4.46. The molecule has 2 aliphatic rings. The van der Waals surface area contributed by atoms with Crippen molar-refractivity contribution in [2.45, 2.75) is 57.3 Å². The highest BCUT2D eigenvalue weighted by atomic mass is 16.5. The predicted octanol–water partition coefficient (Wildman–Crippen LogP) is 2.92. The molecule has 1 aromatic heterocycles. The molecule has 0 N–H and O–H groups in total. The zero-order chi connectivity index (χ0) is 17.9. The standard InChI is InChI=1S/C20H32N4O/c1-17(24-13-10-22-16-24)14-19(2,3)25-20(7-11-23(4)12-8-20)18-6-5-9-21-15-18/h5-6,9-10,15,17H,7-8,11-14,16H2,1-4H3. The Morgan fingerprint density at radius 2 is 2.08 bits per heavy atom. The molecular weight excluding hydrogens is 312 g/mol. The Hall–Kier alpha value is -1.30. The lowest BCUT2D eigenvalue weighted by atomic mass is 9.83. The Bertz CT molecular complexity index is 571. The number of aromatic nitrogens is 1. The Morgan fingerprint density at radius 3 is 2.68 bits per heavy atom. The molecule has 0 amide bonds. The van der Waals surface area contributed by atoms with Crippen LogP contribution in [0.5, 0.6) is 0 Å². The van der Waals surface area contributed by atoms with Crippen LogP contribution < -0.4 is 0 Å². The maximum Gasteiger partial charge on any atom is 0.0977 e. The lowest BCUT2D eigenvalue weighted by Gasteiger charge is -2.46. The van der Waals surface area contributed by atoms with Crippen LogP contribution in [0.2, 0.25) is 0 Å². The van der Waals surface area contributed by atoms with Crippen LogP contribution in [0.25, 0.3) is 0 Å². The largest absolute Gasteiger partial charge is 0.364 e. The van der Waals surface area contributed by atoms with Crippen molar-refractivity contribution in [2.75, 3.05) is 33.4 Å². The van der Waals surface area contributed by atoms with Crippen molar-refractivity contribution in [1.29, 1.82) is 0 Å². The fraction of sp³-hybridized carbons (Fsp3) is 0.700. The first kappa shape index (κ1) is 18.5. The van der Waals surface area contributed by atoms with Gasteiger partial charge in [0.25, 0.3) is 0 Å². The van der Waals surface area contributed by atoms with Crippen molar-refractivity contribution < 1.29 is 4.74 Å². The van der Waals surface area contributed by atoms with Crippen LogP contribution in [0.15, 0.2) is 29.5 Å². The maximum atomic E-state index is 6.90. The molecule has 1 saturated heterocycles. The minimum Gasteiger partial charge on any atom is -0.364 e. The number of piperidine rings is 1. The molecule has 5 nitrogen and oxygen atoms in total. The number of nitrogens with zero attached hydrogens (tertiary/aromatic N) is 4. The normalized spacial score (nSPS) is 23.0. The number of pyridine rings is 1. The van der Waals surface area contributed by atoms with Crippen molar-refractivity contribution >= 4 is 6.21 Å². The molecule has 5 heteroatoms. The van der Waals surface area contributed by atoms with E-state index in [9.17, 15) is 0 Å². The predicted molar refractivity (Wildman–Crippen MR) is 102 cm³/mol. The van der Waals surface area contributed by atoms with Gasteiger partial charge in [-0.25, -0.2) is 0 Å². The summed E-state index contributed by atoms with van der Waals surface area (Å²) < 4.78 is 6.90. The van der Waals surface area contributed by atoms with E-state index in [-0.39, 0.29) is 11.2 Å². The Morgan fingerprint density at radius 1 is 1.32 bits per heavy atom. The van der Waals surface area contributed by atoms with Gasteiger partial charge in [0.2, 0.25) is 0 Å². The summed E-state index contributed by atoms with van der Waals surface area (Å²) in [6.45, 7) is 10.6. The van der Waals surface area contributed by atoms with Gasteiger partial charge in [-0.3, -0.25) is 14.9 Å². The summed E-state index contributed by atoms with van der Waals surface area (Å²) in [5.74, 6) is 0. The fourth-order valence-electron chi connectivity index (χ4n) is 4.18. The smallest absolute Gasteiger partial charge is 0.0977 e. The Kier molecular flexibility index (Phi) is 5.56. The molecule has 0 saturated carbocycles. The van der Waals surface area contributed by atoms with Crippen LogP contribution >= 0.6 is 0 Å². The molecule has 1 fully saturated rings. The van der Waals surface area contributed by atoms with Crippen molar-refractivity contribution in [3.63, 3.8) is 0 Å². The summed E-state index contributed by atoms with van der Waals surface area (Å²) in [7, 11) is 2.19. The fourth-order valence-corrected chi connectivity index (χ4v) is 4.18. The summed E-state index contributed by atoms with van der Waals surface area (Å²) in [6, 6.07) is 4.65. The zero-order valence-corrected chi connectivity index (χ0v) is 16.1. The Labute approximate surface area is 152 Å². The van der Waals surface area contributed by atoms with E-state index in [0.717, 1.165) is 45.6 Å². The molecule has 1 unspecified atom stereocenters. The van der Waals surface area contributed by atoms with Crippen molar-refractivity contribution in [1.82, 2.24) is 14.8 Å². The first-order valence-electron chi connectivity index (χ1n) is 9.42.